The van der Waals surface area contributed by atoms with Crippen LogP contribution in [0.1, 0.15) is 57.9 Å². The topological polar surface area (TPSA) is 207 Å². The molecule has 224 valence electrons. The van der Waals surface area contributed by atoms with E-state index in [1.807, 2.05) is 13.8 Å². The molecule has 1 aliphatic carbocycles. The molecule has 6 N–H and O–H groups in total. The molecule has 0 unspecified atom stereocenters. The molecule has 0 amide bonds. The van der Waals surface area contributed by atoms with Gasteiger partial charge in [-0.2, -0.15) is 18.4 Å². The minimum Gasteiger partial charge on any atom is -0.397 e. The van der Waals surface area contributed by atoms with E-state index < -0.39 is 37.7 Å². The number of carbonyl (C=O) groups is 2. The second-order valence-corrected chi connectivity index (χ2v) is 12.1. The molecule has 0 saturated heterocycles. The van der Waals surface area contributed by atoms with Crippen molar-refractivity contribution < 1.29 is 32.4 Å². The number of aryl methyl sites for hydroxylation is 1. The number of nitrogen functional groups attached to an aromatic ring is 1. The number of aromatic nitrogens is 3. The number of rotatable bonds is 13. The molecular weight excluding hydrogens is 588 g/mol. The van der Waals surface area contributed by atoms with E-state index in [0.717, 1.165) is 6.07 Å². The van der Waals surface area contributed by atoms with Gasteiger partial charge in [0.1, 0.15) is 10.7 Å². The van der Waals surface area contributed by atoms with Crippen LogP contribution >= 0.6 is 11.6 Å². The number of ketones is 2. The van der Waals surface area contributed by atoms with Gasteiger partial charge in [0.2, 0.25) is 11.2 Å². The number of ether oxygens (including phenoxy) is 1. The maximum absolute atomic E-state index is 13.5. The lowest BCUT2D eigenvalue weighted by molar-refractivity contribution is 0.0980. The summed E-state index contributed by atoms with van der Waals surface area (Å²) in [6.07, 6.45) is 0.949. The van der Waals surface area contributed by atoms with Crippen LogP contribution < -0.4 is 16.4 Å². The van der Waals surface area contributed by atoms with Gasteiger partial charge in [-0.3, -0.25) is 14.1 Å². The molecule has 0 atom stereocenters. The lowest BCUT2D eigenvalue weighted by Gasteiger charge is -2.28. The number of anilines is 3. The normalized spacial score (nSPS) is 13.1. The number of fused-ring (bicyclic) bond motifs is 2. The molecule has 1 aromatic heterocycles. The molecule has 0 spiro atoms. The van der Waals surface area contributed by atoms with Crippen LogP contribution in [-0.4, -0.2) is 77.5 Å². The van der Waals surface area contributed by atoms with Crippen LogP contribution in [0, 0.1) is 5.41 Å². The number of halogens is 1. The molecular formula is C27H31ClN6O7S. The summed E-state index contributed by atoms with van der Waals surface area (Å²) >= 11 is 6.08. The molecule has 0 bridgehead atoms. The molecule has 1 aliphatic rings. The fourth-order valence-electron chi connectivity index (χ4n) is 4.50. The lowest BCUT2D eigenvalue weighted by Crippen LogP contribution is -2.28. The molecule has 42 heavy (non-hydrogen) atoms. The number of nitrogens with zero attached hydrogens (tertiary/aromatic N) is 3. The van der Waals surface area contributed by atoms with Crippen LogP contribution in [0.2, 0.25) is 5.28 Å². The van der Waals surface area contributed by atoms with Crippen LogP contribution in [0.3, 0.4) is 0 Å². The van der Waals surface area contributed by atoms with Crippen molar-refractivity contribution >= 4 is 50.6 Å². The number of hydrogen-bond donors (Lipinski definition) is 5. The Balaban J connectivity index is 1.54. The largest absolute Gasteiger partial charge is 0.397 e. The zero-order valence-electron chi connectivity index (χ0n) is 23.0. The van der Waals surface area contributed by atoms with E-state index in [-0.39, 0.29) is 58.9 Å². The Morgan fingerprint density at radius 2 is 1.69 bits per heavy atom. The van der Waals surface area contributed by atoms with Crippen molar-refractivity contribution in [3.63, 3.8) is 0 Å². The summed E-state index contributed by atoms with van der Waals surface area (Å²) in [5, 5.41) is 14.9. The zero-order chi connectivity index (χ0) is 30.7. The predicted octanol–water partition coefficient (Wildman–Crippen LogP) is 2.62. The van der Waals surface area contributed by atoms with Gasteiger partial charge in [0.05, 0.1) is 36.6 Å². The Hall–Kier alpha value is -3.69. The van der Waals surface area contributed by atoms with Gasteiger partial charge in [-0.15, -0.1) is 0 Å². The molecule has 0 saturated carbocycles. The Labute approximate surface area is 247 Å². The number of benzene rings is 2. The standard InChI is InChI=1S/C27H31ClN6O7S/c1-27(2,8-7-19-32-25(28)34-26(33-19)30-9-11-41-12-10-35)14-31-17-13-18(42(38,39)40)22(29)21-20(17)23(36)15-5-3-4-6-16(15)24(21)37/h3-6,13,31,35H,7-12,14,29H2,1-2H3,(H,38,39,40)(H,30,32,33,34). The van der Waals surface area contributed by atoms with Crippen LogP contribution in [-0.2, 0) is 21.3 Å². The first kappa shape index (κ1) is 31.3. The van der Waals surface area contributed by atoms with Gasteiger partial charge in [0.25, 0.3) is 10.1 Å². The average Bonchev–Trinajstić information content (AvgIpc) is 2.93. The molecule has 0 fully saturated rings. The minimum atomic E-state index is -4.82. The quantitative estimate of drug-likeness (QED) is 0.0830. The highest BCUT2D eigenvalue weighted by atomic mass is 35.5. The highest BCUT2D eigenvalue weighted by Gasteiger charge is 2.36. The highest BCUT2D eigenvalue weighted by molar-refractivity contribution is 7.86. The fourth-order valence-corrected chi connectivity index (χ4v) is 5.33. The first-order chi connectivity index (χ1) is 19.8. The van der Waals surface area contributed by atoms with Gasteiger partial charge >= 0.3 is 0 Å². The summed E-state index contributed by atoms with van der Waals surface area (Å²) in [7, 11) is -4.82. The molecule has 0 aliphatic heterocycles. The number of nitrogens with one attached hydrogen (secondary N) is 2. The number of aliphatic hydroxyl groups is 1. The van der Waals surface area contributed by atoms with E-state index in [4.69, 9.17) is 27.2 Å². The predicted molar refractivity (Wildman–Crippen MR) is 156 cm³/mol. The smallest absolute Gasteiger partial charge is 0.296 e. The molecule has 2 aromatic carbocycles. The van der Waals surface area contributed by atoms with Crippen molar-refractivity contribution in [1.29, 1.82) is 0 Å². The second kappa shape index (κ2) is 12.7. The average molecular weight is 619 g/mol. The fraction of sp³-hybridized carbons (Fsp3) is 0.370. The van der Waals surface area contributed by atoms with Crippen molar-refractivity contribution in [3.05, 3.63) is 63.7 Å². The number of hydrogen-bond acceptors (Lipinski definition) is 12. The monoisotopic (exact) mass is 618 g/mol. The summed E-state index contributed by atoms with van der Waals surface area (Å²) in [6.45, 7) is 5.01. The van der Waals surface area contributed by atoms with Gasteiger partial charge < -0.3 is 26.2 Å². The summed E-state index contributed by atoms with van der Waals surface area (Å²) in [4.78, 5) is 38.8. The molecule has 13 nitrogen and oxygen atoms in total. The number of aliphatic hydroxyl groups excluding tert-OH is 1. The summed E-state index contributed by atoms with van der Waals surface area (Å²) in [5.41, 5.74) is 5.11. The van der Waals surface area contributed by atoms with Crippen LogP contribution in [0.15, 0.2) is 35.2 Å². The third-order valence-electron chi connectivity index (χ3n) is 6.68. The van der Waals surface area contributed by atoms with Crippen LogP contribution in [0.4, 0.5) is 17.3 Å². The minimum absolute atomic E-state index is 0.0180. The van der Waals surface area contributed by atoms with Gasteiger partial charge in [0, 0.05) is 36.3 Å². The molecule has 4 rings (SSSR count). The van der Waals surface area contributed by atoms with Crippen molar-refractivity contribution in [1.82, 2.24) is 15.0 Å². The SMILES string of the molecule is CC(C)(CCc1nc(Cl)nc(NCCOCCO)n1)CNc1cc(S(=O)(=O)O)c(N)c2c1C(=O)c1ccccc1C2=O. The molecule has 15 heteroatoms. The van der Waals surface area contributed by atoms with Crippen LogP contribution in [0.5, 0.6) is 0 Å². The molecule has 3 aromatic rings. The Kier molecular flexibility index (Phi) is 9.43. The van der Waals surface area contributed by atoms with Crippen molar-refractivity contribution in [2.75, 3.05) is 49.3 Å². The van der Waals surface area contributed by atoms with Gasteiger partial charge in [0.15, 0.2) is 11.6 Å². The second-order valence-electron chi connectivity index (χ2n) is 10.4. The Morgan fingerprint density at radius 3 is 2.33 bits per heavy atom. The van der Waals surface area contributed by atoms with Crippen molar-refractivity contribution in [2.24, 2.45) is 5.41 Å². The van der Waals surface area contributed by atoms with E-state index in [9.17, 15) is 22.6 Å². The van der Waals surface area contributed by atoms with E-state index in [0.29, 0.717) is 31.8 Å². The van der Waals surface area contributed by atoms with E-state index in [2.05, 4.69) is 25.6 Å². The van der Waals surface area contributed by atoms with Crippen molar-refractivity contribution in [2.45, 2.75) is 31.6 Å². The number of carbonyl (C=O) groups excluding carboxylic acids is 2. The third kappa shape index (κ3) is 7.02. The lowest BCUT2D eigenvalue weighted by atomic mass is 9.82. The van der Waals surface area contributed by atoms with Gasteiger partial charge in [-0.25, -0.2) is 4.98 Å². The maximum atomic E-state index is 13.5. The van der Waals surface area contributed by atoms with Gasteiger partial charge in [-0.1, -0.05) is 38.1 Å². The van der Waals surface area contributed by atoms with E-state index >= 15 is 0 Å². The summed E-state index contributed by atoms with van der Waals surface area (Å²) < 4.78 is 39.3. The zero-order valence-corrected chi connectivity index (χ0v) is 24.5. The molecule has 1 heterocycles. The van der Waals surface area contributed by atoms with E-state index in [1.54, 1.807) is 12.1 Å². The number of nitrogens with two attached hydrogens (primary N) is 1. The van der Waals surface area contributed by atoms with Crippen LogP contribution in [0.25, 0.3) is 0 Å². The van der Waals surface area contributed by atoms with E-state index in [1.165, 1.54) is 12.1 Å². The maximum Gasteiger partial charge on any atom is 0.296 e. The third-order valence-corrected chi connectivity index (χ3v) is 7.74. The van der Waals surface area contributed by atoms with Crippen molar-refractivity contribution in [3.8, 4) is 0 Å². The Morgan fingerprint density at radius 1 is 1.02 bits per heavy atom. The van der Waals surface area contributed by atoms with Gasteiger partial charge in [-0.05, 0) is 29.5 Å². The first-order valence-electron chi connectivity index (χ1n) is 13.0. The summed E-state index contributed by atoms with van der Waals surface area (Å²) in [5.74, 6) is -0.377. The first-order valence-corrected chi connectivity index (χ1v) is 14.8. The highest BCUT2D eigenvalue weighted by Crippen LogP contribution is 2.39. The summed E-state index contributed by atoms with van der Waals surface area (Å²) in [6, 6.07) is 7.27. The molecule has 0 radical (unpaired) electrons. The Bertz CT molecular complexity index is 1630.